The van der Waals surface area contributed by atoms with Crippen LogP contribution in [0.3, 0.4) is 0 Å². The zero-order valence-corrected chi connectivity index (χ0v) is 22.7. The number of aliphatic hydroxyl groups excluding tert-OH is 1. The number of carbonyl (C=O) groups excluding carboxylic acids is 1. The molecule has 206 valence electrons. The lowest BCUT2D eigenvalue weighted by Gasteiger charge is -2.43. The van der Waals surface area contributed by atoms with Gasteiger partial charge in [0.25, 0.3) is 5.91 Å². The summed E-state index contributed by atoms with van der Waals surface area (Å²) in [4.78, 5) is 19.1. The molecule has 2 N–H and O–H groups in total. The molecule has 7 nitrogen and oxygen atoms in total. The van der Waals surface area contributed by atoms with Gasteiger partial charge in [-0.25, -0.2) is 0 Å². The molecule has 0 saturated carbocycles. The topological polar surface area (TPSA) is 83.9 Å². The Balaban J connectivity index is 1.34. The maximum Gasteiger partial charge on any atom is 0.257 e. The summed E-state index contributed by atoms with van der Waals surface area (Å²) in [6.07, 6.45) is 8.95. The maximum atomic E-state index is 12.5. The second kappa shape index (κ2) is 13.3. The molecular weight excluding hydrogens is 490 g/mol. The standard InChI is InChI=1S/C32H39N3O4/c1-23-29(21-35-18-5-3-2-4-6-19-35)38-32(39-30(23)25-11-9-24(22-36)10-12-25)26-13-15-28(16-14-26)34-31(37)27-8-7-17-33-20-27/h7-17,20,23,29-30,32,36H,2-6,18-19,21-22H2,1H3,(H,34,37)/t23-,29+,30+,32+/m1/s1. The van der Waals surface area contributed by atoms with Crippen LogP contribution in [-0.4, -0.2) is 46.6 Å². The molecule has 39 heavy (non-hydrogen) atoms. The third kappa shape index (κ3) is 7.11. The van der Waals surface area contributed by atoms with E-state index < -0.39 is 6.29 Å². The van der Waals surface area contributed by atoms with E-state index in [9.17, 15) is 9.90 Å². The van der Waals surface area contributed by atoms with Gasteiger partial charge in [-0.15, -0.1) is 0 Å². The minimum Gasteiger partial charge on any atom is -0.392 e. The SMILES string of the molecule is C[C@@H]1[C@H](CN2CCCCCCC2)O[C@H](c2ccc(NC(=O)c3cccnc3)cc2)O[C@@H]1c1ccc(CO)cc1. The van der Waals surface area contributed by atoms with E-state index in [-0.39, 0.29) is 30.6 Å². The molecule has 0 spiro atoms. The average molecular weight is 530 g/mol. The van der Waals surface area contributed by atoms with Crippen molar-refractivity contribution >= 4 is 11.6 Å². The van der Waals surface area contributed by atoms with Gasteiger partial charge < -0.3 is 24.8 Å². The molecule has 2 aliphatic rings. The van der Waals surface area contributed by atoms with Crippen molar-refractivity contribution in [3.63, 3.8) is 0 Å². The van der Waals surface area contributed by atoms with E-state index >= 15 is 0 Å². The van der Waals surface area contributed by atoms with E-state index in [1.807, 2.05) is 36.4 Å². The first-order valence-corrected chi connectivity index (χ1v) is 14.1. The van der Waals surface area contributed by atoms with Crippen LogP contribution in [-0.2, 0) is 16.1 Å². The third-order valence-electron chi connectivity index (χ3n) is 7.87. The van der Waals surface area contributed by atoms with Crippen molar-refractivity contribution in [2.24, 2.45) is 5.92 Å². The number of aromatic nitrogens is 1. The second-order valence-electron chi connectivity index (χ2n) is 10.7. The fourth-order valence-corrected chi connectivity index (χ4v) is 5.50. The first kappa shape index (κ1) is 27.5. The highest BCUT2D eigenvalue weighted by molar-refractivity contribution is 6.03. The minimum atomic E-state index is -0.522. The molecule has 3 heterocycles. The highest BCUT2D eigenvalue weighted by Gasteiger charge is 2.39. The molecule has 0 unspecified atom stereocenters. The average Bonchev–Trinajstić information content (AvgIpc) is 2.96. The van der Waals surface area contributed by atoms with Crippen LogP contribution >= 0.6 is 0 Å². The van der Waals surface area contributed by atoms with Crippen LogP contribution in [0.2, 0.25) is 0 Å². The first-order chi connectivity index (χ1) is 19.1. The number of anilines is 1. The molecule has 0 bridgehead atoms. The quantitative estimate of drug-likeness (QED) is 0.397. The summed E-state index contributed by atoms with van der Waals surface area (Å²) >= 11 is 0. The Labute approximate surface area is 231 Å². The molecule has 0 aliphatic carbocycles. The summed E-state index contributed by atoms with van der Waals surface area (Å²) in [7, 11) is 0. The Morgan fingerprint density at radius 3 is 2.31 bits per heavy atom. The number of benzene rings is 2. The molecular formula is C32H39N3O4. The van der Waals surface area contributed by atoms with Crippen LogP contribution in [0.5, 0.6) is 0 Å². The Hall–Kier alpha value is -3.10. The Kier molecular flexibility index (Phi) is 9.37. The Morgan fingerprint density at radius 1 is 0.949 bits per heavy atom. The number of carbonyl (C=O) groups is 1. The summed E-state index contributed by atoms with van der Waals surface area (Å²) in [6.45, 7) is 5.34. The van der Waals surface area contributed by atoms with Gasteiger partial charge >= 0.3 is 0 Å². The maximum absolute atomic E-state index is 12.5. The van der Waals surface area contributed by atoms with E-state index in [0.29, 0.717) is 11.3 Å². The van der Waals surface area contributed by atoms with Crippen molar-refractivity contribution in [2.45, 2.75) is 64.1 Å². The number of amides is 1. The van der Waals surface area contributed by atoms with E-state index in [1.54, 1.807) is 24.5 Å². The van der Waals surface area contributed by atoms with Crippen molar-refractivity contribution in [3.8, 4) is 0 Å². The van der Waals surface area contributed by atoms with Gasteiger partial charge in [-0.2, -0.15) is 0 Å². The molecule has 2 fully saturated rings. The minimum absolute atomic E-state index is 0.00987. The van der Waals surface area contributed by atoms with Gasteiger partial charge in [0.2, 0.25) is 0 Å². The summed E-state index contributed by atoms with van der Waals surface area (Å²) < 4.78 is 13.2. The van der Waals surface area contributed by atoms with Crippen LogP contribution in [0.25, 0.3) is 0 Å². The van der Waals surface area contributed by atoms with Crippen LogP contribution in [0.4, 0.5) is 5.69 Å². The summed E-state index contributed by atoms with van der Waals surface area (Å²) in [5.74, 6) is -0.0424. The third-order valence-corrected chi connectivity index (χ3v) is 7.87. The van der Waals surface area contributed by atoms with Crippen LogP contribution in [0, 0.1) is 5.92 Å². The van der Waals surface area contributed by atoms with Crippen molar-refractivity contribution in [2.75, 3.05) is 25.0 Å². The Bertz CT molecular complexity index is 1180. The molecule has 2 saturated heterocycles. The lowest BCUT2D eigenvalue weighted by atomic mass is 9.89. The smallest absolute Gasteiger partial charge is 0.257 e. The lowest BCUT2D eigenvalue weighted by molar-refractivity contribution is -0.276. The first-order valence-electron chi connectivity index (χ1n) is 14.1. The predicted octanol–water partition coefficient (Wildman–Crippen LogP) is 5.88. The highest BCUT2D eigenvalue weighted by Crippen LogP contribution is 2.42. The van der Waals surface area contributed by atoms with E-state index in [4.69, 9.17) is 9.47 Å². The number of hydrogen-bond donors (Lipinski definition) is 2. The number of nitrogens with zero attached hydrogens (tertiary/aromatic N) is 2. The molecule has 2 aromatic carbocycles. The van der Waals surface area contributed by atoms with Crippen LogP contribution in [0.1, 0.15) is 78.5 Å². The molecule has 1 aromatic heterocycles. The molecule has 4 atom stereocenters. The van der Waals surface area contributed by atoms with Crippen molar-refractivity contribution < 1.29 is 19.4 Å². The number of hydrogen-bond acceptors (Lipinski definition) is 6. The molecule has 7 heteroatoms. The highest BCUT2D eigenvalue weighted by atomic mass is 16.7. The summed E-state index contributed by atoms with van der Waals surface area (Å²) in [5, 5.41) is 12.4. The van der Waals surface area contributed by atoms with E-state index in [0.717, 1.165) is 36.3 Å². The summed E-state index contributed by atoms with van der Waals surface area (Å²) in [6, 6.07) is 19.2. The molecule has 2 aliphatic heterocycles. The zero-order chi connectivity index (χ0) is 27.0. The predicted molar refractivity (Wildman–Crippen MR) is 151 cm³/mol. The Morgan fingerprint density at radius 2 is 1.64 bits per heavy atom. The van der Waals surface area contributed by atoms with Crippen molar-refractivity contribution in [1.29, 1.82) is 0 Å². The van der Waals surface area contributed by atoms with Crippen LogP contribution in [0.15, 0.2) is 73.1 Å². The van der Waals surface area contributed by atoms with Gasteiger partial charge in [-0.05, 0) is 61.3 Å². The van der Waals surface area contributed by atoms with E-state index in [2.05, 4.69) is 34.3 Å². The number of ether oxygens (including phenoxy) is 2. The number of rotatable bonds is 7. The molecule has 0 radical (unpaired) electrons. The fourth-order valence-electron chi connectivity index (χ4n) is 5.50. The summed E-state index contributed by atoms with van der Waals surface area (Å²) in [5.41, 5.74) is 4.10. The van der Waals surface area contributed by atoms with Gasteiger partial charge in [0.1, 0.15) is 0 Å². The van der Waals surface area contributed by atoms with Crippen molar-refractivity contribution in [3.05, 3.63) is 95.3 Å². The van der Waals surface area contributed by atoms with E-state index in [1.165, 1.54) is 32.1 Å². The normalized spacial score (nSPS) is 24.5. The zero-order valence-electron chi connectivity index (χ0n) is 22.7. The molecule has 5 rings (SSSR count). The number of likely N-dealkylation sites (tertiary alicyclic amines) is 1. The monoisotopic (exact) mass is 529 g/mol. The van der Waals surface area contributed by atoms with Gasteiger partial charge in [-0.3, -0.25) is 9.78 Å². The van der Waals surface area contributed by atoms with Gasteiger partial charge in [0.05, 0.1) is 24.4 Å². The molecule has 1 amide bonds. The number of nitrogens with one attached hydrogen (secondary N) is 1. The van der Waals surface area contributed by atoms with Gasteiger partial charge in [0, 0.05) is 36.1 Å². The number of aliphatic hydroxyl groups is 1. The van der Waals surface area contributed by atoms with Gasteiger partial charge in [-0.1, -0.05) is 62.6 Å². The largest absolute Gasteiger partial charge is 0.392 e. The van der Waals surface area contributed by atoms with Crippen molar-refractivity contribution in [1.82, 2.24) is 9.88 Å². The van der Waals surface area contributed by atoms with Gasteiger partial charge in [0.15, 0.2) is 6.29 Å². The number of pyridine rings is 1. The fraction of sp³-hybridized carbons (Fsp3) is 0.438. The molecule has 3 aromatic rings. The second-order valence-corrected chi connectivity index (χ2v) is 10.7. The van der Waals surface area contributed by atoms with Crippen LogP contribution < -0.4 is 5.32 Å². The lowest BCUT2D eigenvalue weighted by Crippen LogP contribution is -2.45.